The van der Waals surface area contributed by atoms with Gasteiger partial charge in [-0.1, -0.05) is 12.1 Å². The molecule has 11 heteroatoms. The number of carbonyl (C=O) groups excluding carboxylic acids is 3. The second-order valence-corrected chi connectivity index (χ2v) is 14.0. The van der Waals surface area contributed by atoms with E-state index in [1.54, 1.807) is 6.20 Å². The molecule has 0 bridgehead atoms. The summed E-state index contributed by atoms with van der Waals surface area (Å²) in [4.78, 5) is 47.0. The molecule has 4 heterocycles. The molecule has 2 aromatic carbocycles. The molecule has 9 nitrogen and oxygen atoms in total. The highest BCUT2D eigenvalue weighted by Crippen LogP contribution is 2.50. The van der Waals surface area contributed by atoms with Gasteiger partial charge in [-0.3, -0.25) is 14.4 Å². The Morgan fingerprint density at radius 3 is 2.47 bits per heavy atom. The van der Waals surface area contributed by atoms with Gasteiger partial charge in [-0.15, -0.1) is 0 Å². The second-order valence-electron chi connectivity index (χ2n) is 14.0. The number of pyridine rings is 1. The lowest BCUT2D eigenvalue weighted by atomic mass is 9.63. The van der Waals surface area contributed by atoms with E-state index in [1.165, 1.54) is 17.0 Å². The molecule has 3 N–H and O–H groups in total. The van der Waals surface area contributed by atoms with Crippen molar-refractivity contribution >= 4 is 29.2 Å². The van der Waals surface area contributed by atoms with E-state index in [0.717, 1.165) is 61.7 Å². The van der Waals surface area contributed by atoms with Gasteiger partial charge in [0.05, 0.1) is 17.0 Å². The molecule has 1 unspecified atom stereocenters. The summed E-state index contributed by atoms with van der Waals surface area (Å²) in [7, 11) is 0. The first-order valence-electron chi connectivity index (χ1n) is 16.5. The fraction of sp³-hybridized carbons (Fsp3) is 0.444. The highest BCUT2D eigenvalue weighted by molar-refractivity contribution is 6.06. The van der Waals surface area contributed by atoms with Gasteiger partial charge < -0.3 is 25.6 Å². The van der Waals surface area contributed by atoms with Crippen LogP contribution in [0.15, 0.2) is 54.7 Å². The topological polar surface area (TPSA) is 113 Å². The standard InChI is InChI=1S/C36H37F2N5O4/c37-25-14-23(15-26(38)17-25)29-20-40-36(7-5-34(6-8-36)9-12-47-13-10-34)33(46)43(29)21-30(44)41-27-4-3-22-18-35(19-24(22)16-27)28-2-1-11-39-31(28)42-32(35)45/h1-4,11,14-17,29,40H,5-10,12-13,18-21H2,(H,41,44)(H,39,42,45)/t29-,35?/m0/s1. The number of amides is 3. The number of carbonyl (C=O) groups is 3. The number of nitrogens with zero attached hydrogens (tertiary/aromatic N) is 2. The molecule has 47 heavy (non-hydrogen) atoms. The number of piperazine rings is 1. The number of hydrogen-bond donors (Lipinski definition) is 3. The number of anilines is 2. The average Bonchev–Trinajstić information content (AvgIpc) is 3.57. The van der Waals surface area contributed by atoms with Crippen LogP contribution in [0.25, 0.3) is 0 Å². The number of fused-ring (bicyclic) bond motifs is 3. The molecule has 0 radical (unpaired) electrons. The van der Waals surface area contributed by atoms with E-state index in [1.807, 2.05) is 30.3 Å². The normalized spacial score (nSPS) is 25.6. The largest absolute Gasteiger partial charge is 0.381 e. The summed E-state index contributed by atoms with van der Waals surface area (Å²) >= 11 is 0. The third-order valence-electron chi connectivity index (χ3n) is 11.4. The predicted octanol–water partition coefficient (Wildman–Crippen LogP) is 4.57. The summed E-state index contributed by atoms with van der Waals surface area (Å²) in [5.41, 5.74) is 2.33. The lowest BCUT2D eigenvalue weighted by Crippen LogP contribution is -2.67. The SMILES string of the molecule is O=C(CN1C(=O)C2(CCC3(CCOCC3)CC2)NC[C@H]1c1cc(F)cc(F)c1)Nc1ccc2c(c1)CC1(C2)C(=O)Nc2ncccc21. The molecule has 2 atom stereocenters. The van der Waals surface area contributed by atoms with E-state index >= 15 is 0 Å². The first-order chi connectivity index (χ1) is 22.7. The smallest absolute Gasteiger partial charge is 0.244 e. The van der Waals surface area contributed by atoms with E-state index < -0.39 is 34.5 Å². The maximum absolute atomic E-state index is 14.4. The van der Waals surface area contributed by atoms with Crippen LogP contribution in [-0.2, 0) is 37.4 Å². The number of nitrogens with one attached hydrogen (secondary N) is 3. The predicted molar refractivity (Wildman–Crippen MR) is 170 cm³/mol. The van der Waals surface area contributed by atoms with Gasteiger partial charge in [-0.2, -0.15) is 0 Å². The monoisotopic (exact) mass is 641 g/mol. The maximum Gasteiger partial charge on any atom is 0.244 e. The third kappa shape index (κ3) is 5.11. The van der Waals surface area contributed by atoms with Crippen LogP contribution in [-0.4, -0.2) is 59.4 Å². The number of ether oxygens (including phenoxy) is 1. The molecular formula is C36H37F2N5O4. The van der Waals surface area contributed by atoms with E-state index in [9.17, 15) is 23.2 Å². The van der Waals surface area contributed by atoms with Crippen LogP contribution in [0.4, 0.5) is 20.3 Å². The van der Waals surface area contributed by atoms with Crippen molar-refractivity contribution in [1.29, 1.82) is 0 Å². The Morgan fingerprint density at radius 1 is 0.957 bits per heavy atom. The first kappa shape index (κ1) is 30.1. The molecular weight excluding hydrogens is 604 g/mol. The molecule has 1 saturated carbocycles. The summed E-state index contributed by atoms with van der Waals surface area (Å²) < 4.78 is 34.3. The van der Waals surface area contributed by atoms with Crippen molar-refractivity contribution in [2.45, 2.75) is 68.4 Å². The van der Waals surface area contributed by atoms with Gasteiger partial charge in [0.2, 0.25) is 17.7 Å². The molecule has 2 saturated heterocycles. The Labute approximate surface area is 271 Å². The molecule has 244 valence electrons. The van der Waals surface area contributed by atoms with E-state index in [4.69, 9.17) is 4.74 Å². The van der Waals surface area contributed by atoms with Crippen LogP contribution in [0, 0.1) is 17.0 Å². The van der Waals surface area contributed by atoms with E-state index in [2.05, 4.69) is 20.9 Å². The molecule has 3 aromatic rings. The Balaban J connectivity index is 1.02. The summed E-state index contributed by atoms with van der Waals surface area (Å²) in [6.07, 6.45) is 7.65. The Hall–Kier alpha value is -4.22. The van der Waals surface area contributed by atoms with Crippen molar-refractivity contribution in [2.24, 2.45) is 5.41 Å². The van der Waals surface area contributed by atoms with Crippen LogP contribution >= 0.6 is 0 Å². The Bertz CT molecular complexity index is 1760. The lowest BCUT2D eigenvalue weighted by Gasteiger charge is -2.52. The zero-order chi connectivity index (χ0) is 32.4. The molecule has 3 amide bonds. The van der Waals surface area contributed by atoms with Crippen LogP contribution in [0.5, 0.6) is 0 Å². The summed E-state index contributed by atoms with van der Waals surface area (Å²) in [5.74, 6) is -1.58. The molecule has 1 aromatic heterocycles. The Kier molecular flexibility index (Phi) is 7.18. The van der Waals surface area contributed by atoms with Crippen molar-refractivity contribution in [1.82, 2.24) is 15.2 Å². The van der Waals surface area contributed by atoms with Crippen LogP contribution in [0.2, 0.25) is 0 Å². The molecule has 5 aliphatic rings. The second kappa shape index (κ2) is 11.2. The summed E-state index contributed by atoms with van der Waals surface area (Å²) in [6, 6.07) is 11.9. The van der Waals surface area contributed by atoms with Crippen molar-refractivity contribution in [3.05, 3.63) is 88.6 Å². The number of hydrogen-bond acceptors (Lipinski definition) is 6. The zero-order valence-electron chi connectivity index (χ0n) is 26.0. The zero-order valence-corrected chi connectivity index (χ0v) is 26.0. The lowest BCUT2D eigenvalue weighted by molar-refractivity contribution is -0.151. The van der Waals surface area contributed by atoms with Gasteiger partial charge in [0.25, 0.3) is 0 Å². The average molecular weight is 642 g/mol. The van der Waals surface area contributed by atoms with Crippen molar-refractivity contribution in [2.75, 3.05) is 36.9 Å². The summed E-state index contributed by atoms with van der Waals surface area (Å²) in [5, 5.41) is 9.34. The minimum Gasteiger partial charge on any atom is -0.381 e. The van der Waals surface area contributed by atoms with Crippen LogP contribution < -0.4 is 16.0 Å². The van der Waals surface area contributed by atoms with Crippen LogP contribution in [0.3, 0.4) is 0 Å². The molecule has 2 aliphatic carbocycles. The Morgan fingerprint density at radius 2 is 1.70 bits per heavy atom. The first-order valence-corrected chi connectivity index (χ1v) is 16.5. The van der Waals surface area contributed by atoms with Gasteiger partial charge in [-0.25, -0.2) is 13.8 Å². The van der Waals surface area contributed by atoms with Gasteiger partial charge in [0.1, 0.15) is 24.0 Å². The van der Waals surface area contributed by atoms with Gasteiger partial charge in [0.15, 0.2) is 0 Å². The highest BCUT2D eigenvalue weighted by Gasteiger charge is 2.53. The number of halogens is 2. The number of benzene rings is 2. The molecule has 3 aliphatic heterocycles. The highest BCUT2D eigenvalue weighted by atomic mass is 19.1. The molecule has 3 fully saturated rings. The fourth-order valence-corrected chi connectivity index (χ4v) is 8.74. The molecule has 8 rings (SSSR count). The third-order valence-corrected chi connectivity index (χ3v) is 11.4. The maximum atomic E-state index is 14.4. The molecule has 3 spiro atoms. The summed E-state index contributed by atoms with van der Waals surface area (Å²) in [6.45, 7) is 1.47. The van der Waals surface area contributed by atoms with Crippen molar-refractivity contribution in [3.63, 3.8) is 0 Å². The van der Waals surface area contributed by atoms with Crippen molar-refractivity contribution in [3.8, 4) is 0 Å². The van der Waals surface area contributed by atoms with Crippen molar-refractivity contribution < 1.29 is 27.9 Å². The fourth-order valence-electron chi connectivity index (χ4n) is 8.74. The number of aromatic nitrogens is 1. The minimum atomic E-state index is -0.832. The van der Waals surface area contributed by atoms with Crippen LogP contribution in [0.1, 0.15) is 66.8 Å². The van der Waals surface area contributed by atoms with E-state index in [-0.39, 0.29) is 30.3 Å². The van der Waals surface area contributed by atoms with Gasteiger partial charge in [-0.05, 0) is 104 Å². The number of rotatable bonds is 4. The van der Waals surface area contributed by atoms with Gasteiger partial charge >= 0.3 is 0 Å². The minimum absolute atomic E-state index is 0.0792. The van der Waals surface area contributed by atoms with Gasteiger partial charge in [0, 0.05) is 43.3 Å². The quantitative estimate of drug-likeness (QED) is 0.385. The van der Waals surface area contributed by atoms with E-state index in [0.29, 0.717) is 42.8 Å².